The molecule has 106 valence electrons. The van der Waals surface area contributed by atoms with Crippen molar-refractivity contribution in [2.24, 2.45) is 5.92 Å². The molecule has 4 heteroatoms. The smallest absolute Gasteiger partial charge is 0.377 e. The maximum absolute atomic E-state index is 11.8. The van der Waals surface area contributed by atoms with Crippen LogP contribution in [0.1, 0.15) is 11.5 Å². The minimum atomic E-state index is -1.40. The van der Waals surface area contributed by atoms with Crippen molar-refractivity contribution in [3.63, 3.8) is 0 Å². The van der Waals surface area contributed by atoms with E-state index in [2.05, 4.69) is 18.2 Å². The first-order valence-corrected chi connectivity index (χ1v) is 7.76. The third-order valence-electron chi connectivity index (χ3n) is 3.84. The third-order valence-corrected chi connectivity index (χ3v) is 4.81. The molecule has 1 aliphatic heterocycles. The topological polar surface area (TPSA) is 54.4 Å². The zero-order chi connectivity index (χ0) is 14.8. The first kappa shape index (κ1) is 13.9. The van der Waals surface area contributed by atoms with Gasteiger partial charge in [0.25, 0.3) is 5.78 Å². The van der Waals surface area contributed by atoms with E-state index < -0.39 is 11.8 Å². The van der Waals surface area contributed by atoms with E-state index in [1.807, 2.05) is 23.6 Å². The van der Waals surface area contributed by atoms with E-state index in [1.54, 1.807) is 23.9 Å². The number of aliphatic carboxylic acids is 1. The van der Waals surface area contributed by atoms with Crippen molar-refractivity contribution < 1.29 is 14.7 Å². The lowest BCUT2D eigenvalue weighted by atomic mass is 9.76. The Morgan fingerprint density at radius 3 is 2.67 bits per heavy atom. The number of thioether (sulfide) groups is 1. The van der Waals surface area contributed by atoms with Gasteiger partial charge in [-0.2, -0.15) is 0 Å². The van der Waals surface area contributed by atoms with Crippen LogP contribution in [0, 0.1) is 5.92 Å². The number of Topliss-reactive ketones (excluding diaryl/α,β-unsaturated/α-hetero) is 1. The van der Waals surface area contributed by atoms with Crippen molar-refractivity contribution in [2.45, 2.75) is 5.92 Å². The quantitative estimate of drug-likeness (QED) is 0.871. The summed E-state index contributed by atoms with van der Waals surface area (Å²) in [6.45, 7) is 0. The lowest BCUT2D eigenvalue weighted by Gasteiger charge is -2.32. The van der Waals surface area contributed by atoms with Crippen LogP contribution in [0.5, 0.6) is 0 Å². The monoisotopic (exact) mass is 298 g/mol. The van der Waals surface area contributed by atoms with Gasteiger partial charge in [0.2, 0.25) is 0 Å². The van der Waals surface area contributed by atoms with Crippen molar-refractivity contribution in [1.29, 1.82) is 0 Å². The van der Waals surface area contributed by atoms with Gasteiger partial charge >= 0.3 is 5.97 Å². The van der Waals surface area contributed by atoms with Crippen LogP contribution in [0.4, 0.5) is 0 Å². The number of carbonyl (C=O) groups excluding carboxylic acids is 1. The van der Waals surface area contributed by atoms with Crippen molar-refractivity contribution in [1.82, 2.24) is 0 Å². The van der Waals surface area contributed by atoms with E-state index in [0.29, 0.717) is 5.57 Å². The summed E-state index contributed by atoms with van der Waals surface area (Å²) in [7, 11) is 0. The predicted molar refractivity (Wildman–Crippen MR) is 83.1 cm³/mol. The molecule has 1 aromatic carbocycles. The molecule has 1 N–H and O–H groups in total. The average molecular weight is 298 g/mol. The Morgan fingerprint density at radius 1 is 1.19 bits per heavy atom. The highest BCUT2D eigenvalue weighted by molar-refractivity contribution is 8.02. The molecule has 2 unspecified atom stereocenters. The highest BCUT2D eigenvalue weighted by atomic mass is 32.2. The van der Waals surface area contributed by atoms with Gasteiger partial charge in [0.1, 0.15) is 0 Å². The molecule has 0 spiro atoms. The number of rotatable bonds is 3. The molecule has 2 aliphatic rings. The van der Waals surface area contributed by atoms with Crippen molar-refractivity contribution in [3.8, 4) is 0 Å². The van der Waals surface area contributed by atoms with E-state index in [4.69, 9.17) is 5.11 Å². The third kappa shape index (κ3) is 2.59. The zero-order valence-corrected chi connectivity index (χ0v) is 12.0. The van der Waals surface area contributed by atoms with Crippen LogP contribution >= 0.6 is 11.8 Å². The van der Waals surface area contributed by atoms with Crippen molar-refractivity contribution in [3.05, 3.63) is 70.7 Å². The number of allylic oxidation sites excluding steroid dienone is 4. The molecule has 2 atom stereocenters. The van der Waals surface area contributed by atoms with Crippen molar-refractivity contribution >= 4 is 23.5 Å². The molecule has 0 radical (unpaired) electrons. The number of hydrogen-bond acceptors (Lipinski definition) is 3. The van der Waals surface area contributed by atoms with Gasteiger partial charge in [0.15, 0.2) is 0 Å². The number of carboxylic acid groups (broad SMARTS) is 1. The lowest BCUT2D eigenvalue weighted by molar-refractivity contribution is -0.147. The molecule has 0 fully saturated rings. The zero-order valence-electron chi connectivity index (χ0n) is 11.2. The van der Waals surface area contributed by atoms with Crippen LogP contribution in [-0.2, 0) is 9.59 Å². The Kier molecular flexibility index (Phi) is 3.80. The van der Waals surface area contributed by atoms with E-state index in [0.717, 1.165) is 11.3 Å². The van der Waals surface area contributed by atoms with Crippen LogP contribution in [-0.4, -0.2) is 22.6 Å². The standard InChI is InChI=1S/C17H14O3S/c18-16(17(19)20)13-8-4-7-12-14(9-21-10-15(12)13)11-5-2-1-3-6-11/h1-8,10,12,14H,9H2,(H,19,20). The highest BCUT2D eigenvalue weighted by Crippen LogP contribution is 2.43. The fourth-order valence-corrected chi connectivity index (χ4v) is 3.98. The minimum Gasteiger partial charge on any atom is -0.475 e. The van der Waals surface area contributed by atoms with Crippen LogP contribution in [0.2, 0.25) is 0 Å². The molecule has 0 amide bonds. The fourth-order valence-electron chi connectivity index (χ4n) is 2.81. The van der Waals surface area contributed by atoms with Gasteiger partial charge in [0, 0.05) is 23.2 Å². The Hall–Kier alpha value is -2.07. The van der Waals surface area contributed by atoms with Gasteiger partial charge in [-0.05, 0) is 16.5 Å². The summed E-state index contributed by atoms with van der Waals surface area (Å²) in [4.78, 5) is 22.8. The van der Waals surface area contributed by atoms with Crippen molar-refractivity contribution in [2.75, 3.05) is 5.75 Å². The van der Waals surface area contributed by atoms with Gasteiger partial charge in [0.05, 0.1) is 0 Å². The molecular weight excluding hydrogens is 284 g/mol. The van der Waals surface area contributed by atoms with Gasteiger partial charge in [-0.15, -0.1) is 11.8 Å². The summed E-state index contributed by atoms with van der Waals surface area (Å²) in [5.41, 5.74) is 2.35. The number of carboxylic acids is 1. The molecular formula is C17H14O3S. The van der Waals surface area contributed by atoms with Crippen LogP contribution in [0.3, 0.4) is 0 Å². The number of hydrogen-bond donors (Lipinski definition) is 1. The summed E-state index contributed by atoms with van der Waals surface area (Å²) in [6, 6.07) is 10.2. The number of fused-ring (bicyclic) bond motifs is 1. The lowest BCUT2D eigenvalue weighted by Crippen LogP contribution is -2.26. The molecule has 0 saturated carbocycles. The van der Waals surface area contributed by atoms with Gasteiger partial charge < -0.3 is 5.11 Å². The average Bonchev–Trinajstić information content (AvgIpc) is 2.53. The maximum Gasteiger partial charge on any atom is 0.377 e. The SMILES string of the molecule is O=C(O)C(=O)C1=CC=CC2C1=CSCC2c1ccccc1. The first-order valence-electron chi connectivity index (χ1n) is 6.71. The molecule has 0 aromatic heterocycles. The van der Waals surface area contributed by atoms with Gasteiger partial charge in [-0.1, -0.05) is 48.6 Å². The molecule has 1 aromatic rings. The van der Waals surface area contributed by atoms with Crippen LogP contribution in [0.25, 0.3) is 0 Å². The maximum atomic E-state index is 11.8. The summed E-state index contributed by atoms with van der Waals surface area (Å²) in [6.07, 6.45) is 5.46. The van der Waals surface area contributed by atoms with Crippen LogP contribution in [0.15, 0.2) is 65.1 Å². The summed E-state index contributed by atoms with van der Waals surface area (Å²) < 4.78 is 0. The Labute approximate surface area is 127 Å². The largest absolute Gasteiger partial charge is 0.475 e. The molecule has 0 bridgehead atoms. The Balaban J connectivity index is 1.96. The number of ketones is 1. The summed E-state index contributed by atoms with van der Waals surface area (Å²) in [5, 5.41) is 10.9. The van der Waals surface area contributed by atoms with E-state index >= 15 is 0 Å². The Bertz CT molecular complexity index is 671. The van der Waals surface area contributed by atoms with Crippen LogP contribution < -0.4 is 0 Å². The molecule has 21 heavy (non-hydrogen) atoms. The normalized spacial score (nSPS) is 23.8. The fraction of sp³-hybridized carbons (Fsp3) is 0.176. The molecule has 3 nitrogen and oxygen atoms in total. The number of carbonyl (C=O) groups is 2. The molecule has 1 heterocycles. The predicted octanol–water partition coefficient (Wildman–Crippen LogP) is 3.17. The summed E-state index contributed by atoms with van der Waals surface area (Å²) >= 11 is 1.63. The number of benzene rings is 1. The second-order valence-corrected chi connectivity index (χ2v) is 5.95. The first-order chi connectivity index (χ1) is 10.2. The molecule has 1 aliphatic carbocycles. The molecule has 0 saturated heterocycles. The van der Waals surface area contributed by atoms with Gasteiger partial charge in [-0.3, -0.25) is 4.79 Å². The van der Waals surface area contributed by atoms with E-state index in [1.165, 1.54) is 5.56 Å². The van der Waals surface area contributed by atoms with Gasteiger partial charge in [-0.25, -0.2) is 4.79 Å². The molecule has 3 rings (SSSR count). The highest BCUT2D eigenvalue weighted by Gasteiger charge is 2.34. The summed E-state index contributed by atoms with van der Waals surface area (Å²) in [5.74, 6) is -0.973. The van der Waals surface area contributed by atoms with E-state index in [-0.39, 0.29) is 11.8 Å². The minimum absolute atomic E-state index is 0.0666. The van der Waals surface area contributed by atoms with E-state index in [9.17, 15) is 9.59 Å². The second kappa shape index (κ2) is 5.74. The second-order valence-electron chi connectivity index (χ2n) is 5.05. The Morgan fingerprint density at radius 2 is 1.95 bits per heavy atom.